The van der Waals surface area contributed by atoms with Gasteiger partial charge in [0, 0.05) is 0 Å². The average molecular weight is 250 g/mol. The first-order valence-electron chi connectivity index (χ1n) is 6.37. The first-order valence-corrected chi connectivity index (χ1v) is 6.37. The minimum Gasteiger partial charge on any atom is -0.348 e. The lowest BCUT2D eigenvalue weighted by Gasteiger charge is -2.20. The molecule has 1 aliphatic rings. The van der Waals surface area contributed by atoms with Gasteiger partial charge in [0.05, 0.1) is 12.1 Å². The van der Waals surface area contributed by atoms with Gasteiger partial charge >= 0.3 is 0 Å². The Balaban J connectivity index is 1.98. The molecule has 1 aromatic rings. The molecule has 0 saturated carbocycles. The molecular weight excluding hydrogens is 231 g/mol. The van der Waals surface area contributed by atoms with Crippen LogP contribution in [0.5, 0.6) is 0 Å². The van der Waals surface area contributed by atoms with Crippen LogP contribution < -0.4 is 10.6 Å². The Morgan fingerprint density at radius 3 is 2.94 bits per heavy atom. The number of hydrogen-bond acceptors (Lipinski definition) is 2. The lowest BCUT2D eigenvalue weighted by Crippen LogP contribution is -2.44. The first-order chi connectivity index (χ1) is 8.58. The van der Waals surface area contributed by atoms with Gasteiger partial charge in [-0.2, -0.15) is 0 Å². The lowest BCUT2D eigenvalue weighted by molar-refractivity contribution is -0.124. The SMILES string of the molecule is CC1CCNC1C(=O)N[C@H](C)c1cccc(F)c1. The maximum atomic E-state index is 13.1. The zero-order valence-electron chi connectivity index (χ0n) is 10.7. The second-order valence-corrected chi connectivity index (χ2v) is 4.98. The lowest BCUT2D eigenvalue weighted by atomic mass is 10.0. The molecule has 0 bridgehead atoms. The highest BCUT2D eigenvalue weighted by Crippen LogP contribution is 2.17. The molecule has 1 aliphatic heterocycles. The van der Waals surface area contributed by atoms with Crippen molar-refractivity contribution >= 4 is 5.91 Å². The van der Waals surface area contributed by atoms with Gasteiger partial charge in [0.2, 0.25) is 5.91 Å². The van der Waals surface area contributed by atoms with E-state index in [-0.39, 0.29) is 23.8 Å². The van der Waals surface area contributed by atoms with Gasteiger partial charge in [-0.15, -0.1) is 0 Å². The van der Waals surface area contributed by atoms with Crippen LogP contribution in [0.1, 0.15) is 31.9 Å². The molecule has 1 aromatic carbocycles. The van der Waals surface area contributed by atoms with Crippen LogP contribution in [0.3, 0.4) is 0 Å². The Hall–Kier alpha value is -1.42. The number of rotatable bonds is 3. The average Bonchev–Trinajstić information content (AvgIpc) is 2.75. The van der Waals surface area contributed by atoms with Crippen molar-refractivity contribution in [3.8, 4) is 0 Å². The molecule has 2 rings (SSSR count). The molecule has 1 amide bonds. The highest BCUT2D eigenvalue weighted by Gasteiger charge is 2.29. The van der Waals surface area contributed by atoms with E-state index in [1.165, 1.54) is 12.1 Å². The number of benzene rings is 1. The summed E-state index contributed by atoms with van der Waals surface area (Å²) in [7, 11) is 0. The maximum Gasteiger partial charge on any atom is 0.237 e. The molecule has 1 fully saturated rings. The van der Waals surface area contributed by atoms with E-state index in [1.54, 1.807) is 6.07 Å². The molecule has 0 aromatic heterocycles. The first kappa shape index (κ1) is 13.0. The predicted molar refractivity (Wildman–Crippen MR) is 68.5 cm³/mol. The smallest absolute Gasteiger partial charge is 0.237 e. The number of hydrogen-bond donors (Lipinski definition) is 2. The topological polar surface area (TPSA) is 41.1 Å². The summed E-state index contributed by atoms with van der Waals surface area (Å²) in [6.07, 6.45) is 1.02. The second kappa shape index (κ2) is 5.48. The highest BCUT2D eigenvalue weighted by atomic mass is 19.1. The fourth-order valence-corrected chi connectivity index (χ4v) is 2.35. The largest absolute Gasteiger partial charge is 0.348 e. The van der Waals surface area contributed by atoms with E-state index in [0.717, 1.165) is 18.5 Å². The van der Waals surface area contributed by atoms with E-state index in [1.807, 2.05) is 13.0 Å². The van der Waals surface area contributed by atoms with Crippen LogP contribution in [0, 0.1) is 11.7 Å². The molecule has 0 aliphatic carbocycles. The molecule has 18 heavy (non-hydrogen) atoms. The normalized spacial score (nSPS) is 24.8. The Labute approximate surface area is 107 Å². The molecule has 98 valence electrons. The minimum atomic E-state index is -0.277. The van der Waals surface area contributed by atoms with Gasteiger partial charge in [-0.1, -0.05) is 19.1 Å². The number of carbonyl (C=O) groups is 1. The van der Waals surface area contributed by atoms with E-state index in [0.29, 0.717) is 5.92 Å². The summed E-state index contributed by atoms with van der Waals surface area (Å²) in [5.41, 5.74) is 0.786. The van der Waals surface area contributed by atoms with Crippen LogP contribution in [0.4, 0.5) is 4.39 Å². The molecule has 1 heterocycles. The Morgan fingerprint density at radius 2 is 2.33 bits per heavy atom. The fraction of sp³-hybridized carbons (Fsp3) is 0.500. The van der Waals surface area contributed by atoms with Gasteiger partial charge in [0.15, 0.2) is 0 Å². The number of amides is 1. The van der Waals surface area contributed by atoms with Gasteiger partial charge in [0.25, 0.3) is 0 Å². The maximum absolute atomic E-state index is 13.1. The fourth-order valence-electron chi connectivity index (χ4n) is 2.35. The van der Waals surface area contributed by atoms with E-state index >= 15 is 0 Å². The molecule has 4 heteroatoms. The van der Waals surface area contributed by atoms with Crippen LogP contribution in [0.15, 0.2) is 24.3 Å². The molecule has 0 radical (unpaired) electrons. The van der Waals surface area contributed by atoms with Gasteiger partial charge < -0.3 is 10.6 Å². The van der Waals surface area contributed by atoms with E-state index in [9.17, 15) is 9.18 Å². The van der Waals surface area contributed by atoms with E-state index in [4.69, 9.17) is 0 Å². The zero-order valence-corrected chi connectivity index (χ0v) is 10.7. The molecular formula is C14H19FN2O. The third kappa shape index (κ3) is 2.88. The third-order valence-corrected chi connectivity index (χ3v) is 3.52. The van der Waals surface area contributed by atoms with Crippen molar-refractivity contribution in [2.24, 2.45) is 5.92 Å². The molecule has 2 N–H and O–H groups in total. The predicted octanol–water partition coefficient (Wildman–Crippen LogP) is 2.00. The van der Waals surface area contributed by atoms with E-state index in [2.05, 4.69) is 17.6 Å². The molecule has 0 spiro atoms. The molecule has 1 saturated heterocycles. The summed E-state index contributed by atoms with van der Waals surface area (Å²) in [5.74, 6) is 0.0717. The van der Waals surface area contributed by atoms with Crippen molar-refractivity contribution < 1.29 is 9.18 Å². The Bertz CT molecular complexity index is 436. The zero-order chi connectivity index (χ0) is 13.1. The van der Waals surface area contributed by atoms with Crippen molar-refractivity contribution in [3.05, 3.63) is 35.6 Å². The Morgan fingerprint density at radius 1 is 1.56 bits per heavy atom. The number of carbonyl (C=O) groups excluding carboxylic acids is 1. The summed E-state index contributed by atoms with van der Waals surface area (Å²) >= 11 is 0. The van der Waals surface area contributed by atoms with Gasteiger partial charge in [-0.05, 0) is 43.5 Å². The van der Waals surface area contributed by atoms with Crippen LogP contribution in [0.2, 0.25) is 0 Å². The molecule has 3 atom stereocenters. The summed E-state index contributed by atoms with van der Waals surface area (Å²) in [6, 6.07) is 6.03. The molecule has 2 unspecified atom stereocenters. The minimum absolute atomic E-state index is 0.00300. The summed E-state index contributed by atoms with van der Waals surface area (Å²) < 4.78 is 13.1. The Kier molecular flexibility index (Phi) is 3.97. The quantitative estimate of drug-likeness (QED) is 0.861. The van der Waals surface area contributed by atoms with Crippen molar-refractivity contribution in [2.45, 2.75) is 32.4 Å². The highest BCUT2D eigenvalue weighted by molar-refractivity contribution is 5.82. The van der Waals surface area contributed by atoms with Gasteiger partial charge in [0.1, 0.15) is 5.82 Å². The number of nitrogens with one attached hydrogen (secondary N) is 2. The second-order valence-electron chi connectivity index (χ2n) is 4.98. The monoisotopic (exact) mass is 250 g/mol. The van der Waals surface area contributed by atoms with Crippen molar-refractivity contribution in [1.82, 2.24) is 10.6 Å². The van der Waals surface area contributed by atoms with Crippen molar-refractivity contribution in [1.29, 1.82) is 0 Å². The van der Waals surface area contributed by atoms with Gasteiger partial charge in [-0.3, -0.25) is 4.79 Å². The van der Waals surface area contributed by atoms with Gasteiger partial charge in [-0.25, -0.2) is 4.39 Å². The van der Waals surface area contributed by atoms with Crippen LogP contribution in [0.25, 0.3) is 0 Å². The standard InChI is InChI=1S/C14H19FN2O/c1-9-6-7-16-13(9)14(18)17-10(2)11-4-3-5-12(15)8-11/h3-5,8-10,13,16H,6-7H2,1-2H3,(H,17,18)/t9?,10-,13?/m1/s1. The summed E-state index contributed by atoms with van der Waals surface area (Å²) in [4.78, 5) is 12.1. The van der Waals surface area contributed by atoms with Crippen LogP contribution in [-0.2, 0) is 4.79 Å². The van der Waals surface area contributed by atoms with Crippen molar-refractivity contribution in [3.63, 3.8) is 0 Å². The van der Waals surface area contributed by atoms with Crippen LogP contribution >= 0.6 is 0 Å². The molecule has 3 nitrogen and oxygen atoms in total. The summed E-state index contributed by atoms with van der Waals surface area (Å²) in [6.45, 7) is 4.82. The van der Waals surface area contributed by atoms with Crippen molar-refractivity contribution in [2.75, 3.05) is 6.54 Å². The third-order valence-electron chi connectivity index (χ3n) is 3.52. The number of halogens is 1. The summed E-state index contributed by atoms with van der Waals surface area (Å²) in [5, 5.41) is 6.12. The van der Waals surface area contributed by atoms with Crippen LogP contribution in [-0.4, -0.2) is 18.5 Å². The van der Waals surface area contributed by atoms with E-state index < -0.39 is 0 Å².